The maximum absolute atomic E-state index is 11.9. The van der Waals surface area contributed by atoms with Gasteiger partial charge in [-0.25, -0.2) is 9.59 Å². The predicted molar refractivity (Wildman–Crippen MR) is 93.5 cm³/mol. The van der Waals surface area contributed by atoms with Crippen LogP contribution in [0.2, 0.25) is 0 Å². The summed E-state index contributed by atoms with van der Waals surface area (Å²) in [6, 6.07) is 0. The molecule has 27 heavy (non-hydrogen) atoms. The maximum atomic E-state index is 11.9. The minimum Gasteiger partial charge on any atom is -0.508 e. The highest BCUT2D eigenvalue weighted by molar-refractivity contribution is 5.83. The molecule has 1 rings (SSSR count). The van der Waals surface area contributed by atoms with E-state index >= 15 is 0 Å². The lowest BCUT2D eigenvalue weighted by molar-refractivity contribution is -0.196. The van der Waals surface area contributed by atoms with Gasteiger partial charge in [0.25, 0.3) is 0 Å². The van der Waals surface area contributed by atoms with Gasteiger partial charge in [0.1, 0.15) is 18.0 Å². The van der Waals surface area contributed by atoms with Crippen molar-refractivity contribution in [2.24, 2.45) is 0 Å². The SMILES string of the molecule is C=C(CO)\C(O)=C/C=C(C)/C=C/C(=O)O[C@@H]1C[C@](O)(C(=O)O)C[C@@H](O)[C@H]1O. The average Bonchev–Trinajstić information content (AvgIpc) is 2.61. The molecule has 0 bridgehead atoms. The molecule has 4 atom stereocenters. The fourth-order valence-electron chi connectivity index (χ4n) is 2.39. The normalized spacial score (nSPS) is 29.6. The summed E-state index contributed by atoms with van der Waals surface area (Å²) in [6.07, 6.45) is -0.556. The van der Waals surface area contributed by atoms with E-state index in [1.54, 1.807) is 6.92 Å². The molecule has 0 heterocycles. The monoisotopic (exact) mass is 384 g/mol. The molecule has 0 saturated heterocycles. The molecule has 1 fully saturated rings. The number of hydrogen-bond acceptors (Lipinski definition) is 8. The molecule has 0 aromatic heterocycles. The summed E-state index contributed by atoms with van der Waals surface area (Å²) >= 11 is 0. The Morgan fingerprint density at radius 3 is 2.37 bits per heavy atom. The maximum Gasteiger partial charge on any atom is 0.335 e. The topological polar surface area (TPSA) is 165 Å². The third kappa shape index (κ3) is 6.33. The first-order chi connectivity index (χ1) is 12.5. The fourth-order valence-corrected chi connectivity index (χ4v) is 2.39. The van der Waals surface area contributed by atoms with Crippen LogP contribution < -0.4 is 0 Å². The van der Waals surface area contributed by atoms with Crippen LogP contribution in [0, 0.1) is 0 Å². The van der Waals surface area contributed by atoms with Gasteiger partial charge in [-0.2, -0.15) is 0 Å². The van der Waals surface area contributed by atoms with Gasteiger partial charge in [0, 0.05) is 24.5 Å². The zero-order valence-corrected chi connectivity index (χ0v) is 14.8. The first-order valence-electron chi connectivity index (χ1n) is 8.07. The zero-order valence-electron chi connectivity index (χ0n) is 14.8. The lowest BCUT2D eigenvalue weighted by atomic mass is 9.79. The highest BCUT2D eigenvalue weighted by Crippen LogP contribution is 2.31. The van der Waals surface area contributed by atoms with Gasteiger partial charge in [-0.05, 0) is 13.0 Å². The Kier molecular flexibility index (Phi) is 7.92. The molecule has 9 heteroatoms. The van der Waals surface area contributed by atoms with Crippen LogP contribution in [0.1, 0.15) is 19.8 Å². The van der Waals surface area contributed by atoms with Crippen molar-refractivity contribution >= 4 is 11.9 Å². The summed E-state index contributed by atoms with van der Waals surface area (Å²) in [5.74, 6) is -2.72. The van der Waals surface area contributed by atoms with Crippen LogP contribution in [0.5, 0.6) is 0 Å². The molecule has 1 saturated carbocycles. The van der Waals surface area contributed by atoms with Gasteiger partial charge in [0.15, 0.2) is 5.60 Å². The highest BCUT2D eigenvalue weighted by Gasteiger charge is 2.50. The number of carboxylic acid groups (broad SMARTS) is 1. The van der Waals surface area contributed by atoms with Crippen molar-refractivity contribution in [3.05, 3.63) is 47.8 Å². The van der Waals surface area contributed by atoms with E-state index in [1.165, 1.54) is 18.2 Å². The quantitative estimate of drug-likeness (QED) is 0.150. The molecule has 0 aliphatic heterocycles. The number of carbonyl (C=O) groups is 2. The number of hydrogen-bond donors (Lipinski definition) is 6. The third-order valence-electron chi connectivity index (χ3n) is 4.07. The van der Waals surface area contributed by atoms with E-state index in [9.17, 15) is 30.0 Å². The zero-order chi connectivity index (χ0) is 20.8. The summed E-state index contributed by atoms with van der Waals surface area (Å²) < 4.78 is 4.95. The van der Waals surface area contributed by atoms with Crippen molar-refractivity contribution in [3.8, 4) is 0 Å². The van der Waals surface area contributed by atoms with Gasteiger partial charge in [-0.15, -0.1) is 0 Å². The average molecular weight is 384 g/mol. The molecular weight excluding hydrogens is 360 g/mol. The summed E-state index contributed by atoms with van der Waals surface area (Å²) in [5, 5.41) is 56.9. The summed E-state index contributed by atoms with van der Waals surface area (Å²) in [4.78, 5) is 23.0. The Morgan fingerprint density at radius 1 is 1.19 bits per heavy atom. The molecular formula is C18H24O9. The molecule has 1 aliphatic rings. The van der Waals surface area contributed by atoms with Crippen molar-refractivity contribution in [2.45, 2.75) is 43.7 Å². The number of allylic oxidation sites excluding steroid dienone is 4. The van der Waals surface area contributed by atoms with E-state index in [4.69, 9.17) is 14.9 Å². The second-order valence-corrected chi connectivity index (χ2v) is 6.34. The van der Waals surface area contributed by atoms with Crippen LogP contribution in [0.25, 0.3) is 0 Å². The predicted octanol–water partition coefficient (Wildman–Crippen LogP) is -0.278. The van der Waals surface area contributed by atoms with Crippen LogP contribution >= 0.6 is 0 Å². The Hall–Kier alpha value is -2.46. The molecule has 0 aromatic rings. The lowest BCUT2D eigenvalue weighted by Gasteiger charge is -2.39. The van der Waals surface area contributed by atoms with E-state index in [2.05, 4.69) is 6.58 Å². The number of rotatable bonds is 7. The summed E-state index contributed by atoms with van der Waals surface area (Å²) in [5.41, 5.74) is -1.66. The van der Waals surface area contributed by atoms with Gasteiger partial charge in [0.05, 0.1) is 12.7 Å². The van der Waals surface area contributed by atoms with Crippen LogP contribution in [0.4, 0.5) is 0 Å². The van der Waals surface area contributed by atoms with E-state index in [0.717, 1.165) is 6.08 Å². The fraction of sp³-hybridized carbons (Fsp3) is 0.444. The van der Waals surface area contributed by atoms with E-state index in [-0.39, 0.29) is 11.3 Å². The summed E-state index contributed by atoms with van der Waals surface area (Å²) in [7, 11) is 0. The van der Waals surface area contributed by atoms with Gasteiger partial charge in [-0.1, -0.05) is 24.3 Å². The standard InChI is InChI=1S/C18H24O9/c1-10(3-5-12(20)11(2)9-19)4-6-15(22)27-14-8-18(26,17(24)25)7-13(21)16(14)23/h3-6,13-14,16,19-21,23,26H,2,7-9H2,1H3,(H,24,25)/b6-4+,10-3+,12-5+/t13-,14-,16-,18+/m1/s1. The van der Waals surface area contributed by atoms with Crippen molar-refractivity contribution in [2.75, 3.05) is 6.61 Å². The smallest absolute Gasteiger partial charge is 0.335 e. The number of ether oxygens (including phenoxy) is 1. The minimum absolute atomic E-state index is 0.123. The first-order valence-corrected chi connectivity index (χ1v) is 8.07. The number of aliphatic carboxylic acids is 1. The molecule has 0 unspecified atom stereocenters. The second-order valence-electron chi connectivity index (χ2n) is 6.34. The Bertz CT molecular complexity index is 676. The first kappa shape index (κ1) is 22.6. The molecule has 0 aromatic carbocycles. The molecule has 150 valence electrons. The van der Waals surface area contributed by atoms with E-state index < -0.39 is 55.3 Å². The number of carboxylic acids is 1. The van der Waals surface area contributed by atoms with E-state index in [1.807, 2.05) is 0 Å². The molecule has 9 nitrogen and oxygen atoms in total. The lowest BCUT2D eigenvalue weighted by Crippen LogP contribution is -2.57. The van der Waals surface area contributed by atoms with Gasteiger partial charge in [-0.3, -0.25) is 0 Å². The van der Waals surface area contributed by atoms with Gasteiger partial charge < -0.3 is 35.4 Å². The third-order valence-corrected chi connectivity index (χ3v) is 4.07. The Balaban J connectivity index is 2.76. The second kappa shape index (κ2) is 9.47. The number of aliphatic hydroxyl groups excluding tert-OH is 4. The largest absolute Gasteiger partial charge is 0.508 e. The van der Waals surface area contributed by atoms with Crippen molar-refractivity contribution < 1.29 is 45.0 Å². The van der Waals surface area contributed by atoms with Gasteiger partial charge >= 0.3 is 11.9 Å². The van der Waals surface area contributed by atoms with Gasteiger partial charge in [0.2, 0.25) is 0 Å². The number of aliphatic hydroxyl groups is 5. The minimum atomic E-state index is -2.31. The Labute approximate surface area is 155 Å². The van der Waals surface area contributed by atoms with Crippen LogP contribution in [-0.2, 0) is 14.3 Å². The highest BCUT2D eigenvalue weighted by atomic mass is 16.6. The van der Waals surface area contributed by atoms with Crippen LogP contribution in [0.3, 0.4) is 0 Å². The van der Waals surface area contributed by atoms with Crippen molar-refractivity contribution in [1.29, 1.82) is 0 Å². The summed E-state index contributed by atoms with van der Waals surface area (Å²) in [6.45, 7) is 4.63. The van der Waals surface area contributed by atoms with Crippen molar-refractivity contribution in [1.82, 2.24) is 0 Å². The van der Waals surface area contributed by atoms with E-state index in [0.29, 0.717) is 5.57 Å². The molecule has 0 amide bonds. The molecule has 6 N–H and O–H groups in total. The van der Waals surface area contributed by atoms with Crippen LogP contribution in [0.15, 0.2) is 47.8 Å². The van der Waals surface area contributed by atoms with Crippen LogP contribution in [-0.4, -0.2) is 73.1 Å². The Morgan fingerprint density at radius 2 is 1.81 bits per heavy atom. The molecule has 0 spiro atoms. The number of esters is 1. The van der Waals surface area contributed by atoms with Crippen molar-refractivity contribution in [3.63, 3.8) is 0 Å². The number of carbonyl (C=O) groups excluding carboxylic acids is 1. The molecule has 1 aliphatic carbocycles. The molecule has 0 radical (unpaired) electrons.